The molecule has 1 radical (unpaired) electrons. The minimum Gasteiger partial charge on any atom is -0.0897 e. The molecule has 0 nitrogen and oxygen atoms in total. The van der Waals surface area contributed by atoms with Crippen molar-refractivity contribution in [3.8, 4) is 0 Å². The molecule has 0 aliphatic heterocycles. The summed E-state index contributed by atoms with van der Waals surface area (Å²) in [6, 6.07) is 0. The zero-order valence-corrected chi connectivity index (χ0v) is 5.50. The third-order valence-electron chi connectivity index (χ3n) is 0.718. The zero-order chi connectivity index (χ0) is 5.54. The summed E-state index contributed by atoms with van der Waals surface area (Å²) in [5.74, 6) is 0.764. The van der Waals surface area contributed by atoms with E-state index in [9.17, 15) is 0 Å². The molecule has 7 heavy (non-hydrogen) atoms. The summed E-state index contributed by atoms with van der Waals surface area (Å²) in [7, 11) is 0. The molecule has 0 amide bonds. The number of hydrogen-bond acceptors (Lipinski definition) is 0. The van der Waals surface area contributed by atoms with Crippen LogP contribution in [0.15, 0.2) is 12.2 Å². The van der Waals surface area contributed by atoms with Gasteiger partial charge in [0.05, 0.1) is 0 Å². The molecule has 0 aromatic rings. The molecule has 0 heterocycles. The van der Waals surface area contributed by atoms with Crippen molar-refractivity contribution < 1.29 is 0 Å². The highest BCUT2D eigenvalue weighted by atomic mass is 32.1. The molecule has 0 atom stereocenters. The fourth-order valence-corrected chi connectivity index (χ4v) is 0.489. The Kier molecular flexibility index (Phi) is 6.17. The average Bonchev–Trinajstić information content (AvgIpc) is 1.69. The Balaban J connectivity index is 2.78. The second-order valence-electron chi connectivity index (χ2n) is 1.43. The van der Waals surface area contributed by atoms with Gasteiger partial charge < -0.3 is 0 Å². The molecule has 0 saturated heterocycles. The van der Waals surface area contributed by atoms with Crippen LogP contribution in [-0.4, -0.2) is 5.75 Å². The van der Waals surface area contributed by atoms with Crippen molar-refractivity contribution >= 4 is 12.6 Å². The third-order valence-corrected chi connectivity index (χ3v) is 0.911. The topological polar surface area (TPSA) is 0 Å². The van der Waals surface area contributed by atoms with Crippen LogP contribution in [0.3, 0.4) is 0 Å². The van der Waals surface area contributed by atoms with E-state index < -0.39 is 0 Å². The SMILES string of the molecule is CCCC=CC[S]. The van der Waals surface area contributed by atoms with Crippen molar-refractivity contribution in [3.05, 3.63) is 12.2 Å². The largest absolute Gasteiger partial charge is 0.0897 e. The van der Waals surface area contributed by atoms with Gasteiger partial charge in [-0.3, -0.25) is 0 Å². The van der Waals surface area contributed by atoms with E-state index in [1.54, 1.807) is 0 Å². The van der Waals surface area contributed by atoms with E-state index in [-0.39, 0.29) is 0 Å². The number of unbranched alkanes of at least 4 members (excludes halogenated alkanes) is 1. The van der Waals surface area contributed by atoms with Gasteiger partial charge in [-0.15, -0.1) is 0 Å². The van der Waals surface area contributed by atoms with Crippen LogP contribution in [0.5, 0.6) is 0 Å². The minimum atomic E-state index is 0.764. The molecule has 0 saturated carbocycles. The molecular weight excluding hydrogens is 104 g/mol. The van der Waals surface area contributed by atoms with Gasteiger partial charge in [-0.25, -0.2) is 0 Å². The maximum Gasteiger partial charge on any atom is 0.0217 e. The summed E-state index contributed by atoms with van der Waals surface area (Å²) in [4.78, 5) is 0. The first kappa shape index (κ1) is 7.09. The Hall–Kier alpha value is 0.0900. The molecule has 0 bridgehead atoms. The number of rotatable bonds is 3. The van der Waals surface area contributed by atoms with Crippen LogP contribution >= 0.6 is 12.6 Å². The van der Waals surface area contributed by atoms with E-state index in [2.05, 4.69) is 25.6 Å². The molecule has 0 aliphatic rings. The minimum absolute atomic E-state index is 0.764. The second kappa shape index (κ2) is 6.09. The highest BCUT2D eigenvalue weighted by Gasteiger charge is 1.68. The monoisotopic (exact) mass is 115 g/mol. The van der Waals surface area contributed by atoms with E-state index in [4.69, 9.17) is 0 Å². The van der Waals surface area contributed by atoms with Crippen molar-refractivity contribution in [3.63, 3.8) is 0 Å². The van der Waals surface area contributed by atoms with Gasteiger partial charge >= 0.3 is 0 Å². The smallest absolute Gasteiger partial charge is 0.0217 e. The zero-order valence-electron chi connectivity index (χ0n) is 4.68. The van der Waals surface area contributed by atoms with Crippen molar-refractivity contribution in [2.45, 2.75) is 19.8 Å². The Morgan fingerprint density at radius 3 is 2.57 bits per heavy atom. The number of allylic oxidation sites excluding steroid dienone is 1. The van der Waals surface area contributed by atoms with Crippen LogP contribution in [0.25, 0.3) is 0 Å². The van der Waals surface area contributed by atoms with Gasteiger partial charge in [0.25, 0.3) is 0 Å². The fraction of sp³-hybridized carbons (Fsp3) is 0.667. The third kappa shape index (κ3) is 6.09. The van der Waals surface area contributed by atoms with E-state index in [1.165, 1.54) is 12.8 Å². The molecule has 0 aromatic heterocycles. The van der Waals surface area contributed by atoms with E-state index in [0.29, 0.717) is 0 Å². The normalized spacial score (nSPS) is 10.6. The standard InChI is InChI=1S/C6H11S/c1-2-3-4-5-6-7/h4-5H,2-3,6H2,1H3. The summed E-state index contributed by atoms with van der Waals surface area (Å²) in [6.07, 6.45) is 6.56. The molecule has 41 valence electrons. The lowest BCUT2D eigenvalue weighted by molar-refractivity contribution is 0.957. The van der Waals surface area contributed by atoms with Gasteiger partial charge in [0, 0.05) is 5.75 Å². The first-order valence-electron chi connectivity index (χ1n) is 2.65. The predicted octanol–water partition coefficient (Wildman–Crippen LogP) is 2.54. The van der Waals surface area contributed by atoms with Gasteiger partial charge in [0.15, 0.2) is 0 Å². The molecule has 0 unspecified atom stereocenters. The fourth-order valence-electron chi connectivity index (χ4n) is 0.353. The summed E-state index contributed by atoms with van der Waals surface area (Å²) in [5.41, 5.74) is 0. The second-order valence-corrected chi connectivity index (χ2v) is 1.76. The highest BCUT2D eigenvalue weighted by molar-refractivity contribution is 7.80. The van der Waals surface area contributed by atoms with Crippen LogP contribution in [0, 0.1) is 0 Å². The molecule has 0 fully saturated rings. The lowest BCUT2D eigenvalue weighted by Gasteiger charge is -1.78. The summed E-state index contributed by atoms with van der Waals surface area (Å²) in [5, 5.41) is 0. The van der Waals surface area contributed by atoms with Crippen LogP contribution in [-0.2, 0) is 0 Å². The summed E-state index contributed by atoms with van der Waals surface area (Å²) >= 11 is 4.68. The van der Waals surface area contributed by atoms with Crippen molar-refractivity contribution in [1.82, 2.24) is 0 Å². The van der Waals surface area contributed by atoms with Gasteiger partial charge in [0.1, 0.15) is 0 Å². The lowest BCUT2D eigenvalue weighted by atomic mass is 10.3. The first-order valence-corrected chi connectivity index (χ1v) is 3.22. The van der Waals surface area contributed by atoms with Crippen LogP contribution in [0.4, 0.5) is 0 Å². The molecule has 0 spiro atoms. The Morgan fingerprint density at radius 2 is 2.14 bits per heavy atom. The molecule has 0 aromatic carbocycles. The maximum absolute atomic E-state index is 4.68. The van der Waals surface area contributed by atoms with Crippen molar-refractivity contribution in [1.29, 1.82) is 0 Å². The lowest BCUT2D eigenvalue weighted by Crippen LogP contribution is -1.61. The van der Waals surface area contributed by atoms with E-state index >= 15 is 0 Å². The summed E-state index contributed by atoms with van der Waals surface area (Å²) < 4.78 is 0. The Bertz CT molecular complexity index is 48.1. The molecule has 1 heteroatoms. The molecular formula is C6H11S. The molecule has 0 rings (SSSR count). The predicted molar refractivity (Wildman–Crippen MR) is 36.5 cm³/mol. The Morgan fingerprint density at radius 1 is 1.43 bits per heavy atom. The van der Waals surface area contributed by atoms with Gasteiger partial charge in [-0.05, 0) is 6.42 Å². The first-order chi connectivity index (χ1) is 3.41. The Labute approximate surface area is 51.0 Å². The highest BCUT2D eigenvalue weighted by Crippen LogP contribution is 1.87. The molecule has 0 N–H and O–H groups in total. The van der Waals surface area contributed by atoms with Gasteiger partial charge in [0.2, 0.25) is 0 Å². The van der Waals surface area contributed by atoms with Gasteiger partial charge in [-0.1, -0.05) is 38.1 Å². The van der Waals surface area contributed by atoms with Crippen LogP contribution in [0.2, 0.25) is 0 Å². The average molecular weight is 115 g/mol. The van der Waals surface area contributed by atoms with Gasteiger partial charge in [-0.2, -0.15) is 0 Å². The molecule has 0 aliphatic carbocycles. The maximum atomic E-state index is 4.68. The van der Waals surface area contributed by atoms with Crippen molar-refractivity contribution in [2.24, 2.45) is 0 Å². The van der Waals surface area contributed by atoms with E-state index in [0.717, 1.165) is 5.75 Å². The van der Waals surface area contributed by atoms with Crippen LogP contribution < -0.4 is 0 Å². The van der Waals surface area contributed by atoms with Crippen LogP contribution in [0.1, 0.15) is 19.8 Å². The quantitative estimate of drug-likeness (QED) is 0.496. The summed E-state index contributed by atoms with van der Waals surface area (Å²) in [6.45, 7) is 2.16. The number of hydrogen-bond donors (Lipinski definition) is 0. The van der Waals surface area contributed by atoms with E-state index in [1.807, 2.05) is 6.08 Å². The van der Waals surface area contributed by atoms with Crippen molar-refractivity contribution in [2.75, 3.05) is 5.75 Å².